The van der Waals surface area contributed by atoms with Gasteiger partial charge in [0, 0.05) is 35.6 Å². The minimum atomic E-state index is 0.456. The molecule has 0 aromatic carbocycles. The van der Waals surface area contributed by atoms with Gasteiger partial charge in [-0.15, -0.1) is 0 Å². The number of nitrogen functional groups attached to an aromatic ring is 1. The van der Waals surface area contributed by atoms with Gasteiger partial charge in [0.15, 0.2) is 0 Å². The van der Waals surface area contributed by atoms with Crippen LogP contribution < -0.4 is 5.73 Å². The monoisotopic (exact) mass is 329 g/mol. The Morgan fingerprint density at radius 1 is 1.52 bits per heavy atom. The van der Waals surface area contributed by atoms with Crippen LogP contribution in [-0.2, 0) is 6.42 Å². The zero-order chi connectivity index (χ0) is 16.4. The molecule has 1 saturated carbocycles. The Kier molecular flexibility index (Phi) is 4.48. The Labute approximate surface area is 140 Å². The lowest BCUT2D eigenvalue weighted by atomic mass is 9.93. The highest BCUT2D eigenvalue weighted by Gasteiger charge is 2.24. The number of hydrogen-bond acceptors (Lipinski definition) is 4. The number of aliphatic imine (C=N–C) groups is 1. The van der Waals surface area contributed by atoms with Crippen molar-refractivity contribution >= 4 is 34.7 Å². The second-order valence-electron chi connectivity index (χ2n) is 5.75. The molecule has 0 radical (unpaired) electrons. The molecular formula is C17H20ClN5. The molecule has 1 fully saturated rings. The van der Waals surface area contributed by atoms with Crippen LogP contribution in [0.3, 0.4) is 0 Å². The number of hydrogen-bond donors (Lipinski definition) is 1. The molecule has 2 heterocycles. The topological polar surface area (TPSA) is 69.1 Å². The van der Waals surface area contributed by atoms with Gasteiger partial charge in [0.25, 0.3) is 0 Å². The van der Waals surface area contributed by atoms with Crippen LogP contribution in [0.2, 0.25) is 0 Å². The van der Waals surface area contributed by atoms with Crippen LogP contribution in [-0.4, -0.2) is 20.7 Å². The van der Waals surface area contributed by atoms with E-state index in [-0.39, 0.29) is 0 Å². The molecule has 0 unspecified atom stereocenters. The van der Waals surface area contributed by atoms with E-state index in [2.05, 4.69) is 32.3 Å². The van der Waals surface area contributed by atoms with Gasteiger partial charge in [-0.3, -0.25) is 4.99 Å². The molecular weight excluding hydrogens is 310 g/mol. The molecule has 0 spiro atoms. The molecule has 120 valence electrons. The Bertz CT molecular complexity index is 799. The molecule has 2 aromatic rings. The van der Waals surface area contributed by atoms with Crippen molar-refractivity contribution in [2.45, 2.75) is 38.6 Å². The average molecular weight is 330 g/mol. The maximum atomic E-state index is 6.11. The maximum absolute atomic E-state index is 6.11. The fourth-order valence-corrected chi connectivity index (χ4v) is 3.07. The molecule has 1 aliphatic carbocycles. The maximum Gasteiger partial charge on any atom is 0.146 e. The summed E-state index contributed by atoms with van der Waals surface area (Å²) in [5.74, 6) is 0.507. The first-order valence-corrected chi connectivity index (χ1v) is 8.11. The largest absolute Gasteiger partial charge is 0.383 e. The number of nitrogens with two attached hydrogens (primary N) is 1. The van der Waals surface area contributed by atoms with Gasteiger partial charge in [0.2, 0.25) is 0 Å². The lowest BCUT2D eigenvalue weighted by molar-refractivity contribution is 0.320. The van der Waals surface area contributed by atoms with E-state index in [4.69, 9.17) is 17.3 Å². The number of allylic oxidation sites excluding steroid dienone is 3. The van der Waals surface area contributed by atoms with Crippen molar-refractivity contribution in [2.24, 2.45) is 4.99 Å². The smallest absolute Gasteiger partial charge is 0.146 e. The highest BCUT2D eigenvalue weighted by Crippen LogP contribution is 2.37. The summed E-state index contributed by atoms with van der Waals surface area (Å²) in [6, 6.07) is 0.505. The van der Waals surface area contributed by atoms with Crippen molar-refractivity contribution < 1.29 is 0 Å². The standard InChI is InChI=1S/C17H20ClN5/c1-3-20-13(7-11(2)18)8-12-9-23(14-5-4-6-14)17-15(12)16(19)21-10-22-17/h3,7,9-10,14H,2,4-6,8H2,1H3,(H2,19,21,22)/b13-7-,20-3?. The molecule has 2 aromatic heterocycles. The van der Waals surface area contributed by atoms with Gasteiger partial charge in [-0.05, 0) is 37.8 Å². The SMILES string of the molecule is C=C(Cl)/C=C(/Cc1cn(C2CCC2)c2ncnc(N)c12)N=CC. The van der Waals surface area contributed by atoms with Gasteiger partial charge in [0.05, 0.1) is 5.39 Å². The second kappa shape index (κ2) is 6.54. The van der Waals surface area contributed by atoms with Crippen LogP contribution in [0.15, 0.2) is 40.9 Å². The first kappa shape index (κ1) is 15.7. The van der Waals surface area contributed by atoms with E-state index in [0.29, 0.717) is 23.3 Å². The minimum Gasteiger partial charge on any atom is -0.383 e. The molecule has 23 heavy (non-hydrogen) atoms. The van der Waals surface area contributed by atoms with Crippen molar-refractivity contribution in [3.05, 3.63) is 41.5 Å². The molecule has 0 bridgehead atoms. The summed E-state index contributed by atoms with van der Waals surface area (Å²) < 4.78 is 2.23. The lowest BCUT2D eigenvalue weighted by Gasteiger charge is -2.27. The van der Waals surface area contributed by atoms with Gasteiger partial charge >= 0.3 is 0 Å². The summed E-state index contributed by atoms with van der Waals surface area (Å²) in [6.45, 7) is 5.59. The third kappa shape index (κ3) is 3.15. The first-order chi connectivity index (χ1) is 11.1. The third-order valence-corrected chi connectivity index (χ3v) is 4.28. The first-order valence-electron chi connectivity index (χ1n) is 7.73. The number of rotatable bonds is 5. The highest BCUT2D eigenvalue weighted by molar-refractivity contribution is 6.30. The second-order valence-corrected chi connectivity index (χ2v) is 6.24. The quantitative estimate of drug-likeness (QED) is 0.665. The van der Waals surface area contributed by atoms with Crippen LogP contribution in [0.1, 0.15) is 37.8 Å². The molecule has 0 atom stereocenters. The molecule has 0 saturated heterocycles. The van der Waals surface area contributed by atoms with Crippen molar-refractivity contribution in [1.29, 1.82) is 0 Å². The molecule has 0 amide bonds. The summed E-state index contributed by atoms with van der Waals surface area (Å²) in [7, 11) is 0. The Balaban J connectivity index is 2.08. The van der Waals surface area contributed by atoms with Crippen LogP contribution in [0, 0.1) is 0 Å². The van der Waals surface area contributed by atoms with Gasteiger partial charge < -0.3 is 10.3 Å². The molecule has 3 rings (SSSR count). The van der Waals surface area contributed by atoms with Crippen LogP contribution >= 0.6 is 11.6 Å². The van der Waals surface area contributed by atoms with E-state index in [1.807, 2.05) is 6.92 Å². The highest BCUT2D eigenvalue weighted by atomic mass is 35.5. The van der Waals surface area contributed by atoms with Crippen molar-refractivity contribution in [1.82, 2.24) is 14.5 Å². The van der Waals surface area contributed by atoms with Crippen molar-refractivity contribution in [2.75, 3.05) is 5.73 Å². The number of anilines is 1. The molecule has 2 N–H and O–H groups in total. The number of aromatic nitrogens is 3. The number of halogens is 1. The summed E-state index contributed by atoms with van der Waals surface area (Å²) >= 11 is 5.91. The number of nitrogens with zero attached hydrogens (tertiary/aromatic N) is 4. The molecule has 1 aliphatic rings. The molecule has 5 nitrogen and oxygen atoms in total. The molecule has 0 aliphatic heterocycles. The van der Waals surface area contributed by atoms with Gasteiger partial charge in [-0.2, -0.15) is 0 Å². The van der Waals surface area contributed by atoms with Crippen LogP contribution in [0.5, 0.6) is 0 Å². The number of fused-ring (bicyclic) bond motifs is 1. The predicted octanol–water partition coefficient (Wildman–Crippen LogP) is 4.01. The summed E-state index contributed by atoms with van der Waals surface area (Å²) in [6.07, 6.45) is 11.4. The van der Waals surface area contributed by atoms with E-state index in [1.165, 1.54) is 25.6 Å². The van der Waals surface area contributed by atoms with Gasteiger partial charge in [-0.25, -0.2) is 9.97 Å². The Hall–Kier alpha value is -2.14. The van der Waals surface area contributed by atoms with E-state index >= 15 is 0 Å². The van der Waals surface area contributed by atoms with E-state index < -0.39 is 0 Å². The van der Waals surface area contributed by atoms with Gasteiger partial charge in [0.1, 0.15) is 17.8 Å². The molecule has 6 heteroatoms. The van der Waals surface area contributed by atoms with E-state index in [9.17, 15) is 0 Å². The van der Waals surface area contributed by atoms with Crippen molar-refractivity contribution in [3.8, 4) is 0 Å². The average Bonchev–Trinajstić information content (AvgIpc) is 2.76. The summed E-state index contributed by atoms with van der Waals surface area (Å²) in [4.78, 5) is 13.0. The predicted molar refractivity (Wildman–Crippen MR) is 95.8 cm³/mol. The zero-order valence-corrected chi connectivity index (χ0v) is 13.9. The fourth-order valence-electron chi connectivity index (χ4n) is 2.94. The Morgan fingerprint density at radius 2 is 2.30 bits per heavy atom. The van der Waals surface area contributed by atoms with Gasteiger partial charge in [-0.1, -0.05) is 18.2 Å². The Morgan fingerprint density at radius 3 is 2.91 bits per heavy atom. The lowest BCUT2D eigenvalue weighted by Crippen LogP contribution is -2.16. The summed E-state index contributed by atoms with van der Waals surface area (Å²) in [5, 5.41) is 1.37. The van der Waals surface area contributed by atoms with E-state index in [1.54, 1.807) is 12.3 Å². The van der Waals surface area contributed by atoms with E-state index in [0.717, 1.165) is 22.3 Å². The zero-order valence-electron chi connectivity index (χ0n) is 13.2. The fraction of sp³-hybridized carbons (Fsp3) is 0.353. The summed E-state index contributed by atoms with van der Waals surface area (Å²) in [5.41, 5.74) is 8.93. The van der Waals surface area contributed by atoms with Crippen LogP contribution in [0.4, 0.5) is 5.82 Å². The minimum absolute atomic E-state index is 0.456. The third-order valence-electron chi connectivity index (χ3n) is 4.18. The van der Waals surface area contributed by atoms with Crippen LogP contribution in [0.25, 0.3) is 11.0 Å². The normalized spacial score (nSPS) is 16.2. The van der Waals surface area contributed by atoms with Crippen molar-refractivity contribution in [3.63, 3.8) is 0 Å².